The summed E-state index contributed by atoms with van der Waals surface area (Å²) in [5.74, 6) is -0.907. The number of nitrogens with one attached hydrogen (secondary N) is 1. The third kappa shape index (κ3) is 5.39. The molecule has 1 amide bonds. The Balaban J connectivity index is 1.43. The summed E-state index contributed by atoms with van der Waals surface area (Å²) in [4.78, 5) is 36.9. The molecule has 0 aliphatic heterocycles. The molecule has 0 saturated heterocycles. The molecule has 3 aromatic carbocycles. The molecule has 166 valence electrons. The lowest BCUT2D eigenvalue weighted by molar-refractivity contribution is -0.119. The van der Waals surface area contributed by atoms with Crippen LogP contribution >= 0.6 is 11.6 Å². The Bertz CT molecular complexity index is 1390. The highest BCUT2D eigenvalue weighted by Gasteiger charge is 2.17. The van der Waals surface area contributed by atoms with Crippen molar-refractivity contribution in [1.82, 2.24) is 0 Å². The molecule has 1 heterocycles. The van der Waals surface area contributed by atoms with Crippen LogP contribution in [0.25, 0.3) is 11.0 Å². The van der Waals surface area contributed by atoms with Crippen LogP contribution in [0, 0.1) is 6.92 Å². The fourth-order valence-electron chi connectivity index (χ4n) is 3.02. The molecule has 0 atom stereocenters. The smallest absolute Gasteiger partial charge is 0.374 e. The number of halogens is 1. The lowest BCUT2D eigenvalue weighted by atomic mass is 10.2. The number of rotatable bonds is 6. The predicted octanol–water partition coefficient (Wildman–Crippen LogP) is 5.34. The molecule has 0 unspecified atom stereocenters. The van der Waals surface area contributed by atoms with Gasteiger partial charge >= 0.3 is 5.97 Å². The Hall–Kier alpha value is -4.10. The summed E-state index contributed by atoms with van der Waals surface area (Å²) < 4.78 is 16.3. The van der Waals surface area contributed by atoms with Gasteiger partial charge in [-0.3, -0.25) is 9.59 Å². The summed E-state index contributed by atoms with van der Waals surface area (Å²) in [6.45, 7) is 1.36. The largest absolute Gasteiger partial charge is 0.455 e. The van der Waals surface area contributed by atoms with E-state index in [9.17, 15) is 14.4 Å². The van der Waals surface area contributed by atoms with Gasteiger partial charge in [-0.2, -0.15) is 0 Å². The summed E-state index contributed by atoms with van der Waals surface area (Å²) in [6, 6.07) is 19.7. The van der Waals surface area contributed by atoms with Gasteiger partial charge in [0.05, 0.1) is 11.1 Å². The van der Waals surface area contributed by atoms with Crippen molar-refractivity contribution >= 4 is 40.1 Å². The second-order valence-electron chi connectivity index (χ2n) is 7.15. The van der Waals surface area contributed by atoms with Gasteiger partial charge in [-0.1, -0.05) is 41.4 Å². The second kappa shape index (κ2) is 9.58. The molecule has 4 rings (SSSR count). The number of hydrogen-bond donors (Lipinski definition) is 1. The molecule has 0 fully saturated rings. The molecule has 0 radical (unpaired) electrons. The van der Waals surface area contributed by atoms with Crippen molar-refractivity contribution in [3.05, 3.63) is 99.4 Å². The fraction of sp³-hybridized carbons (Fsp3) is 0.0800. The van der Waals surface area contributed by atoms with Crippen molar-refractivity contribution in [2.24, 2.45) is 0 Å². The zero-order valence-electron chi connectivity index (χ0n) is 17.5. The fourth-order valence-corrected chi connectivity index (χ4v) is 3.19. The first-order valence-electron chi connectivity index (χ1n) is 9.93. The zero-order valence-corrected chi connectivity index (χ0v) is 18.2. The molecule has 0 bridgehead atoms. The zero-order chi connectivity index (χ0) is 23.4. The summed E-state index contributed by atoms with van der Waals surface area (Å²) >= 11 is 6.06. The van der Waals surface area contributed by atoms with Gasteiger partial charge in [0.15, 0.2) is 17.8 Å². The number of ether oxygens (including phenoxy) is 2. The molecular weight excluding hydrogens is 446 g/mol. The van der Waals surface area contributed by atoms with E-state index in [2.05, 4.69) is 5.32 Å². The molecule has 0 aliphatic rings. The number of carbonyl (C=O) groups excluding carboxylic acids is 2. The van der Waals surface area contributed by atoms with Crippen molar-refractivity contribution in [1.29, 1.82) is 0 Å². The van der Waals surface area contributed by atoms with E-state index in [1.165, 1.54) is 6.07 Å². The van der Waals surface area contributed by atoms with Crippen molar-refractivity contribution < 1.29 is 23.5 Å². The quantitative estimate of drug-likeness (QED) is 0.388. The molecular formula is C25H18ClNO6. The first-order chi connectivity index (χ1) is 15.9. The van der Waals surface area contributed by atoms with Crippen LogP contribution in [0.5, 0.6) is 11.5 Å². The normalized spacial score (nSPS) is 10.6. The summed E-state index contributed by atoms with van der Waals surface area (Å²) in [6.07, 6.45) is 0. The highest BCUT2D eigenvalue weighted by Crippen LogP contribution is 2.32. The van der Waals surface area contributed by atoms with Crippen LogP contribution in [0.1, 0.15) is 16.1 Å². The number of carbonyl (C=O) groups is 2. The average Bonchev–Trinajstić information content (AvgIpc) is 2.80. The average molecular weight is 464 g/mol. The van der Waals surface area contributed by atoms with Crippen LogP contribution in [-0.2, 0) is 9.53 Å². The van der Waals surface area contributed by atoms with Crippen molar-refractivity contribution in [2.75, 3.05) is 11.9 Å². The van der Waals surface area contributed by atoms with E-state index in [-0.39, 0.29) is 16.8 Å². The maximum Gasteiger partial charge on any atom is 0.374 e. The van der Waals surface area contributed by atoms with E-state index in [1.54, 1.807) is 48.5 Å². The predicted molar refractivity (Wildman–Crippen MR) is 124 cm³/mol. The minimum Gasteiger partial charge on any atom is -0.455 e. The SMILES string of the molecule is Cc1ccc(Oc2ccc(Cl)cc2NC(=O)COC(=O)c2cc(=O)c3ccccc3o2)cc1. The molecule has 0 saturated carbocycles. The number of para-hydroxylation sites is 1. The number of benzene rings is 3. The van der Waals surface area contributed by atoms with Crippen LogP contribution in [0.3, 0.4) is 0 Å². The Morgan fingerprint density at radius 3 is 2.55 bits per heavy atom. The second-order valence-corrected chi connectivity index (χ2v) is 7.59. The maximum absolute atomic E-state index is 12.4. The molecule has 8 heteroatoms. The number of aryl methyl sites for hydroxylation is 1. The van der Waals surface area contributed by atoms with Gasteiger partial charge in [0, 0.05) is 11.1 Å². The van der Waals surface area contributed by atoms with Gasteiger partial charge in [0.2, 0.25) is 5.76 Å². The number of esters is 1. The van der Waals surface area contributed by atoms with Crippen LogP contribution in [0.2, 0.25) is 5.02 Å². The van der Waals surface area contributed by atoms with Crippen LogP contribution in [0.15, 0.2) is 82.0 Å². The number of fused-ring (bicyclic) bond motifs is 1. The molecule has 7 nitrogen and oxygen atoms in total. The van der Waals surface area contributed by atoms with Crippen molar-refractivity contribution in [2.45, 2.75) is 6.92 Å². The van der Waals surface area contributed by atoms with Crippen molar-refractivity contribution in [3.8, 4) is 11.5 Å². The standard InChI is InChI=1S/C25H18ClNO6/c1-15-6-9-17(10-7-15)32-22-11-8-16(26)12-19(22)27-24(29)14-31-25(30)23-13-20(28)18-4-2-3-5-21(18)33-23/h2-13H,14H2,1H3,(H,27,29). The Kier molecular flexibility index (Phi) is 6.42. The monoisotopic (exact) mass is 463 g/mol. The van der Waals surface area contributed by atoms with E-state index in [0.717, 1.165) is 11.6 Å². The van der Waals surface area contributed by atoms with Gasteiger partial charge < -0.3 is 19.2 Å². The number of amides is 1. The van der Waals surface area contributed by atoms with Crippen molar-refractivity contribution in [3.63, 3.8) is 0 Å². The number of hydrogen-bond acceptors (Lipinski definition) is 6. The number of anilines is 1. The third-order valence-electron chi connectivity index (χ3n) is 4.63. The van der Waals surface area contributed by atoms with E-state index < -0.39 is 18.5 Å². The van der Waals surface area contributed by atoms with E-state index in [4.69, 9.17) is 25.5 Å². The minimum absolute atomic E-state index is 0.248. The first kappa shape index (κ1) is 22.1. The summed E-state index contributed by atoms with van der Waals surface area (Å²) in [7, 11) is 0. The molecule has 0 aliphatic carbocycles. The van der Waals surface area contributed by atoms with E-state index >= 15 is 0 Å². The molecule has 1 aromatic heterocycles. The lowest BCUT2D eigenvalue weighted by Crippen LogP contribution is -2.21. The Morgan fingerprint density at radius 1 is 1.00 bits per heavy atom. The van der Waals surface area contributed by atoms with Crippen LogP contribution in [-0.4, -0.2) is 18.5 Å². The molecule has 1 N–H and O–H groups in total. The van der Waals surface area contributed by atoms with Gasteiger partial charge in [-0.15, -0.1) is 0 Å². The van der Waals surface area contributed by atoms with Gasteiger partial charge in [-0.05, 0) is 49.4 Å². The lowest BCUT2D eigenvalue weighted by Gasteiger charge is -2.13. The van der Waals surface area contributed by atoms with E-state index in [0.29, 0.717) is 27.6 Å². The molecule has 0 spiro atoms. The topological polar surface area (TPSA) is 94.8 Å². The van der Waals surface area contributed by atoms with Crippen LogP contribution in [0.4, 0.5) is 5.69 Å². The van der Waals surface area contributed by atoms with Gasteiger partial charge in [-0.25, -0.2) is 4.79 Å². The molecule has 4 aromatic rings. The molecule has 33 heavy (non-hydrogen) atoms. The first-order valence-corrected chi connectivity index (χ1v) is 10.3. The Labute approximate surface area is 193 Å². The van der Waals surface area contributed by atoms with Gasteiger partial charge in [0.25, 0.3) is 5.91 Å². The summed E-state index contributed by atoms with van der Waals surface area (Å²) in [5, 5.41) is 3.34. The highest BCUT2D eigenvalue weighted by atomic mass is 35.5. The summed E-state index contributed by atoms with van der Waals surface area (Å²) in [5.41, 5.74) is 1.25. The Morgan fingerprint density at radius 2 is 1.76 bits per heavy atom. The van der Waals surface area contributed by atoms with E-state index in [1.807, 2.05) is 19.1 Å². The minimum atomic E-state index is -0.935. The third-order valence-corrected chi connectivity index (χ3v) is 4.87. The van der Waals surface area contributed by atoms with Crippen LogP contribution < -0.4 is 15.5 Å². The highest BCUT2D eigenvalue weighted by molar-refractivity contribution is 6.31. The maximum atomic E-state index is 12.4. The van der Waals surface area contributed by atoms with Gasteiger partial charge in [0.1, 0.15) is 11.3 Å².